The van der Waals surface area contributed by atoms with Crippen LogP contribution in [0.15, 0.2) is 77.2 Å². The maximum Gasteiger partial charge on any atom is 0.228 e. The number of hydrogen-bond acceptors (Lipinski definition) is 5. The molecule has 0 amide bonds. The van der Waals surface area contributed by atoms with E-state index in [9.17, 15) is 0 Å². The molecule has 0 bridgehead atoms. The van der Waals surface area contributed by atoms with E-state index in [-0.39, 0.29) is 0 Å². The fraction of sp³-hybridized carbons (Fsp3) is 0.107. The second-order valence-electron chi connectivity index (χ2n) is 7.84. The number of furan rings is 1. The van der Waals surface area contributed by atoms with Gasteiger partial charge in [0.1, 0.15) is 5.58 Å². The molecule has 5 heteroatoms. The zero-order valence-electron chi connectivity index (χ0n) is 18.5. The van der Waals surface area contributed by atoms with Gasteiger partial charge in [-0.2, -0.15) is 0 Å². The zero-order valence-corrected chi connectivity index (χ0v) is 18.5. The number of hydrogen-bond donors (Lipinski definition) is 0. The van der Waals surface area contributed by atoms with E-state index in [2.05, 4.69) is 18.2 Å². The molecule has 4 aromatic carbocycles. The summed E-state index contributed by atoms with van der Waals surface area (Å²) in [5.74, 6) is 1.70. The van der Waals surface area contributed by atoms with Crippen molar-refractivity contribution >= 4 is 43.6 Å². The second-order valence-corrected chi connectivity index (χ2v) is 7.84. The van der Waals surface area contributed by atoms with E-state index in [0.717, 1.165) is 49.2 Å². The molecular formula is C28H21NO4. The topological polar surface area (TPSA) is 53.7 Å². The standard InChI is InChI=1S/C28H21NO4/c1-30-21-15-19-23-22-18-12-8-7-9-16(18)13-14-20(22)33-28(23)29-25(17-10-5-4-6-11-17)24(19)27(32-3)26(21)31-2/h4-15H,1-3H3. The first-order valence-corrected chi connectivity index (χ1v) is 10.7. The summed E-state index contributed by atoms with van der Waals surface area (Å²) in [5, 5.41) is 5.98. The van der Waals surface area contributed by atoms with Gasteiger partial charge in [-0.3, -0.25) is 0 Å². The molecule has 0 unspecified atom stereocenters. The van der Waals surface area contributed by atoms with E-state index in [1.807, 2.05) is 54.6 Å². The van der Waals surface area contributed by atoms with Crippen LogP contribution < -0.4 is 14.2 Å². The number of nitrogens with zero attached hydrogens (tertiary/aromatic N) is 1. The number of ether oxygens (including phenoxy) is 3. The van der Waals surface area contributed by atoms with Crippen LogP contribution in [-0.4, -0.2) is 26.3 Å². The lowest BCUT2D eigenvalue weighted by Crippen LogP contribution is -1.98. The lowest BCUT2D eigenvalue weighted by atomic mass is 9.97. The van der Waals surface area contributed by atoms with Crippen molar-refractivity contribution in [3.8, 4) is 28.5 Å². The Morgan fingerprint density at radius 2 is 1.42 bits per heavy atom. The van der Waals surface area contributed by atoms with Crippen molar-refractivity contribution in [2.45, 2.75) is 0 Å². The zero-order chi connectivity index (χ0) is 22.5. The fourth-order valence-corrected chi connectivity index (χ4v) is 4.74. The predicted molar refractivity (Wildman–Crippen MR) is 132 cm³/mol. The highest BCUT2D eigenvalue weighted by Gasteiger charge is 2.25. The van der Waals surface area contributed by atoms with Crippen LogP contribution in [0.5, 0.6) is 17.2 Å². The average molecular weight is 435 g/mol. The third kappa shape index (κ3) is 2.75. The second kappa shape index (κ2) is 7.41. The van der Waals surface area contributed by atoms with Crippen molar-refractivity contribution in [3.05, 3.63) is 72.8 Å². The van der Waals surface area contributed by atoms with E-state index in [0.29, 0.717) is 23.0 Å². The molecule has 162 valence electrons. The van der Waals surface area contributed by atoms with Gasteiger partial charge >= 0.3 is 0 Å². The molecule has 0 fully saturated rings. The van der Waals surface area contributed by atoms with Crippen molar-refractivity contribution in [3.63, 3.8) is 0 Å². The molecule has 0 aliphatic heterocycles. The van der Waals surface area contributed by atoms with Crippen molar-refractivity contribution in [2.75, 3.05) is 21.3 Å². The highest BCUT2D eigenvalue weighted by atomic mass is 16.5. The molecule has 2 aromatic heterocycles. The maximum absolute atomic E-state index is 6.31. The molecule has 0 aliphatic rings. The van der Waals surface area contributed by atoms with Crippen LogP contribution in [0.25, 0.3) is 54.9 Å². The first-order chi connectivity index (χ1) is 16.2. The molecule has 2 heterocycles. The average Bonchev–Trinajstić information content (AvgIpc) is 3.26. The lowest BCUT2D eigenvalue weighted by molar-refractivity contribution is 0.327. The summed E-state index contributed by atoms with van der Waals surface area (Å²) in [5.41, 5.74) is 3.08. The number of fused-ring (bicyclic) bond motifs is 7. The smallest absolute Gasteiger partial charge is 0.228 e. The highest BCUT2D eigenvalue weighted by molar-refractivity contribution is 6.28. The van der Waals surface area contributed by atoms with Gasteiger partial charge in [-0.15, -0.1) is 0 Å². The molecular weight excluding hydrogens is 414 g/mol. The summed E-state index contributed by atoms with van der Waals surface area (Å²) in [6, 6.07) is 24.4. The van der Waals surface area contributed by atoms with Crippen LogP contribution in [0.4, 0.5) is 0 Å². The summed E-state index contributed by atoms with van der Waals surface area (Å²) in [6.07, 6.45) is 0. The number of benzene rings is 4. The number of methoxy groups -OCH3 is 3. The number of aromatic nitrogens is 1. The van der Waals surface area contributed by atoms with Crippen LogP contribution in [0.3, 0.4) is 0 Å². The van der Waals surface area contributed by atoms with E-state index in [1.54, 1.807) is 21.3 Å². The molecule has 6 rings (SSSR count). The fourth-order valence-electron chi connectivity index (χ4n) is 4.74. The van der Waals surface area contributed by atoms with Crippen molar-refractivity contribution in [1.29, 1.82) is 0 Å². The van der Waals surface area contributed by atoms with Gasteiger partial charge in [-0.1, -0.05) is 60.7 Å². The third-order valence-electron chi connectivity index (χ3n) is 6.16. The van der Waals surface area contributed by atoms with Gasteiger partial charge < -0.3 is 18.6 Å². The van der Waals surface area contributed by atoms with Gasteiger partial charge in [-0.05, 0) is 22.9 Å². The first-order valence-electron chi connectivity index (χ1n) is 10.7. The molecule has 33 heavy (non-hydrogen) atoms. The van der Waals surface area contributed by atoms with Crippen molar-refractivity contribution in [1.82, 2.24) is 4.98 Å². The van der Waals surface area contributed by atoms with Crippen molar-refractivity contribution in [2.24, 2.45) is 0 Å². The molecule has 0 N–H and O–H groups in total. The Morgan fingerprint density at radius 3 is 2.18 bits per heavy atom. The third-order valence-corrected chi connectivity index (χ3v) is 6.16. The number of rotatable bonds is 4. The Hall–Kier alpha value is -4.25. The van der Waals surface area contributed by atoms with Crippen LogP contribution in [0.2, 0.25) is 0 Å². The van der Waals surface area contributed by atoms with Crippen LogP contribution in [0, 0.1) is 0 Å². The summed E-state index contributed by atoms with van der Waals surface area (Å²) in [4.78, 5) is 5.01. The largest absolute Gasteiger partial charge is 0.493 e. The minimum atomic E-state index is 0.531. The van der Waals surface area contributed by atoms with E-state index in [1.165, 1.54) is 0 Å². The lowest BCUT2D eigenvalue weighted by Gasteiger charge is -2.17. The molecule has 6 aromatic rings. The molecule has 0 aliphatic carbocycles. The number of pyridine rings is 1. The normalized spacial score (nSPS) is 11.5. The maximum atomic E-state index is 6.31. The van der Waals surface area contributed by atoms with Gasteiger partial charge in [0.25, 0.3) is 0 Å². The van der Waals surface area contributed by atoms with Crippen molar-refractivity contribution < 1.29 is 18.6 Å². The van der Waals surface area contributed by atoms with Gasteiger partial charge in [0, 0.05) is 16.3 Å². The molecule has 0 saturated carbocycles. The monoisotopic (exact) mass is 435 g/mol. The van der Waals surface area contributed by atoms with Crippen LogP contribution >= 0.6 is 0 Å². The summed E-state index contributed by atoms with van der Waals surface area (Å²) in [7, 11) is 4.88. The summed E-state index contributed by atoms with van der Waals surface area (Å²) in [6.45, 7) is 0. The molecule has 0 spiro atoms. The first kappa shape index (κ1) is 19.4. The Kier molecular flexibility index (Phi) is 4.37. The van der Waals surface area contributed by atoms with E-state index in [4.69, 9.17) is 23.6 Å². The van der Waals surface area contributed by atoms with Crippen LogP contribution in [-0.2, 0) is 0 Å². The summed E-state index contributed by atoms with van der Waals surface area (Å²) >= 11 is 0. The molecule has 0 radical (unpaired) electrons. The minimum absolute atomic E-state index is 0.531. The SMILES string of the molecule is COc1cc2c(c(-c3ccccc3)nc3oc4ccc5ccccc5c4c32)c(OC)c1OC. The van der Waals surface area contributed by atoms with E-state index >= 15 is 0 Å². The van der Waals surface area contributed by atoms with Gasteiger partial charge in [0.15, 0.2) is 11.5 Å². The Balaban J connectivity index is 1.92. The Labute approximate surface area is 190 Å². The quantitative estimate of drug-likeness (QED) is 0.299. The van der Waals surface area contributed by atoms with Gasteiger partial charge in [0.2, 0.25) is 11.5 Å². The molecule has 0 atom stereocenters. The Bertz CT molecular complexity index is 1670. The van der Waals surface area contributed by atoms with Gasteiger partial charge in [-0.25, -0.2) is 4.98 Å². The Morgan fingerprint density at radius 1 is 0.667 bits per heavy atom. The van der Waals surface area contributed by atoms with Crippen LogP contribution in [0.1, 0.15) is 0 Å². The highest BCUT2D eigenvalue weighted by Crippen LogP contribution is 2.50. The molecule has 0 saturated heterocycles. The minimum Gasteiger partial charge on any atom is -0.493 e. The molecule has 5 nitrogen and oxygen atoms in total. The van der Waals surface area contributed by atoms with E-state index < -0.39 is 0 Å². The van der Waals surface area contributed by atoms with Gasteiger partial charge in [0.05, 0.1) is 37.8 Å². The summed E-state index contributed by atoms with van der Waals surface area (Å²) < 4.78 is 23.6. The predicted octanol–water partition coefficient (Wildman–Crippen LogP) is 6.98.